The smallest absolute Gasteiger partial charge is 0.314 e. The van der Waals surface area contributed by atoms with Crippen molar-refractivity contribution in [2.45, 2.75) is 19.9 Å². The zero-order valence-electron chi connectivity index (χ0n) is 7.54. The molecule has 1 amide bonds. The van der Waals surface area contributed by atoms with Gasteiger partial charge in [-0.25, -0.2) is 9.90 Å². The van der Waals surface area contributed by atoms with Crippen molar-refractivity contribution in [3.8, 4) is 0 Å². The van der Waals surface area contributed by atoms with Crippen molar-refractivity contribution in [1.82, 2.24) is 5.32 Å². The van der Waals surface area contributed by atoms with Crippen LogP contribution in [0.3, 0.4) is 0 Å². The van der Waals surface area contributed by atoms with Crippen LogP contribution in [0.5, 0.6) is 0 Å². The van der Waals surface area contributed by atoms with Crippen LogP contribution in [0.15, 0.2) is 24.3 Å². The molecule has 0 aliphatic rings. The first kappa shape index (κ1) is 9.58. The van der Waals surface area contributed by atoms with E-state index in [0.29, 0.717) is 6.54 Å². The molecular weight excluding hydrogens is 166 g/mol. The Bertz CT molecular complexity index is 279. The fraction of sp³-hybridized carbons (Fsp3) is 0.300. The molecular formula is C10H12NO2. The number of aryl methyl sites for hydroxylation is 1. The van der Waals surface area contributed by atoms with Crippen LogP contribution in [-0.2, 0) is 18.1 Å². The van der Waals surface area contributed by atoms with Gasteiger partial charge in [-0.15, -0.1) is 0 Å². The molecule has 0 unspecified atom stereocenters. The third kappa shape index (κ3) is 3.15. The van der Waals surface area contributed by atoms with Crippen LogP contribution in [0.25, 0.3) is 0 Å². The molecule has 1 rings (SSSR count). The van der Waals surface area contributed by atoms with E-state index in [1.165, 1.54) is 5.56 Å². The van der Waals surface area contributed by atoms with Gasteiger partial charge in [0, 0.05) is 6.54 Å². The average molecular weight is 178 g/mol. The van der Waals surface area contributed by atoms with Gasteiger partial charge in [0.05, 0.1) is 0 Å². The predicted molar refractivity (Wildman–Crippen MR) is 48.7 cm³/mol. The highest BCUT2D eigenvalue weighted by Crippen LogP contribution is 2.04. The lowest BCUT2D eigenvalue weighted by molar-refractivity contribution is 0.168. The van der Waals surface area contributed by atoms with Gasteiger partial charge in [-0.3, -0.25) is 0 Å². The van der Waals surface area contributed by atoms with E-state index in [4.69, 9.17) is 0 Å². The van der Waals surface area contributed by atoms with Gasteiger partial charge in [-0.2, -0.15) is 0 Å². The lowest BCUT2D eigenvalue weighted by Crippen LogP contribution is -2.18. The van der Waals surface area contributed by atoms with Crippen LogP contribution in [0.1, 0.15) is 18.1 Å². The molecule has 0 spiro atoms. The highest BCUT2D eigenvalue weighted by molar-refractivity contribution is 5.63. The molecule has 0 aromatic heterocycles. The number of nitrogens with one attached hydrogen (secondary N) is 1. The number of hydrogen-bond donors (Lipinski definition) is 1. The lowest BCUT2D eigenvalue weighted by Gasteiger charge is -2.01. The molecule has 0 saturated heterocycles. The van der Waals surface area contributed by atoms with Gasteiger partial charge in [0.25, 0.3) is 0 Å². The summed E-state index contributed by atoms with van der Waals surface area (Å²) >= 11 is 0. The third-order valence-electron chi connectivity index (χ3n) is 1.87. The summed E-state index contributed by atoms with van der Waals surface area (Å²) in [5.41, 5.74) is 2.19. The predicted octanol–water partition coefficient (Wildman–Crippen LogP) is 1.89. The van der Waals surface area contributed by atoms with Crippen molar-refractivity contribution < 1.29 is 9.90 Å². The van der Waals surface area contributed by atoms with Crippen LogP contribution in [0.4, 0.5) is 4.79 Å². The van der Waals surface area contributed by atoms with E-state index < -0.39 is 6.09 Å². The summed E-state index contributed by atoms with van der Waals surface area (Å²) in [6.45, 7) is 2.39. The van der Waals surface area contributed by atoms with Gasteiger partial charge >= 0.3 is 6.09 Å². The number of benzene rings is 1. The second-order valence-corrected chi connectivity index (χ2v) is 2.81. The molecule has 13 heavy (non-hydrogen) atoms. The molecule has 3 heteroatoms. The standard InChI is InChI=1S/C10H12NO2/c1-2-8-3-5-9(6-4-8)7-11-10(12)13/h3-6,11H,2,7H2,1H3. The van der Waals surface area contributed by atoms with E-state index >= 15 is 0 Å². The minimum Gasteiger partial charge on any atom is -0.314 e. The Morgan fingerprint density at radius 3 is 2.23 bits per heavy atom. The van der Waals surface area contributed by atoms with Gasteiger partial charge in [0.2, 0.25) is 0 Å². The van der Waals surface area contributed by atoms with Crippen molar-refractivity contribution >= 4 is 6.09 Å². The zero-order valence-corrected chi connectivity index (χ0v) is 7.54. The molecule has 1 N–H and O–H groups in total. The van der Waals surface area contributed by atoms with Gasteiger partial charge in [0.1, 0.15) is 0 Å². The highest BCUT2D eigenvalue weighted by atomic mass is 16.4. The van der Waals surface area contributed by atoms with Crippen LogP contribution in [-0.4, -0.2) is 6.09 Å². The molecule has 0 heterocycles. The average Bonchev–Trinajstić information content (AvgIpc) is 2.15. The van der Waals surface area contributed by atoms with Crippen LogP contribution in [0.2, 0.25) is 0 Å². The van der Waals surface area contributed by atoms with E-state index in [0.717, 1.165) is 12.0 Å². The molecule has 1 aromatic carbocycles. The SMILES string of the molecule is CCc1ccc(CNC([O])=O)cc1. The largest absolute Gasteiger partial charge is 0.450 e. The third-order valence-corrected chi connectivity index (χ3v) is 1.87. The van der Waals surface area contributed by atoms with E-state index in [1.807, 2.05) is 24.3 Å². The van der Waals surface area contributed by atoms with Crippen LogP contribution >= 0.6 is 0 Å². The summed E-state index contributed by atoms with van der Waals surface area (Å²) in [6, 6.07) is 7.81. The lowest BCUT2D eigenvalue weighted by atomic mass is 10.1. The Labute approximate surface area is 77.4 Å². The first-order valence-corrected chi connectivity index (χ1v) is 4.25. The Kier molecular flexibility index (Phi) is 3.31. The van der Waals surface area contributed by atoms with Gasteiger partial charge in [-0.05, 0) is 17.5 Å². The van der Waals surface area contributed by atoms with Crippen LogP contribution < -0.4 is 5.32 Å². The molecule has 0 aliphatic carbocycles. The van der Waals surface area contributed by atoms with Crippen molar-refractivity contribution in [2.75, 3.05) is 0 Å². The molecule has 3 nitrogen and oxygen atoms in total. The first-order chi connectivity index (χ1) is 6.22. The maximum Gasteiger partial charge on any atom is 0.450 e. The normalized spacial score (nSPS) is 9.62. The molecule has 1 aromatic rings. The summed E-state index contributed by atoms with van der Waals surface area (Å²) in [6.07, 6.45) is -0.242. The summed E-state index contributed by atoms with van der Waals surface area (Å²) in [5, 5.41) is 12.3. The first-order valence-electron chi connectivity index (χ1n) is 4.25. The second-order valence-electron chi connectivity index (χ2n) is 2.81. The summed E-state index contributed by atoms with van der Waals surface area (Å²) < 4.78 is 0. The fourth-order valence-corrected chi connectivity index (χ4v) is 1.07. The summed E-state index contributed by atoms with van der Waals surface area (Å²) in [5.74, 6) is 0. The number of carbonyl (C=O) groups excluding carboxylic acids is 1. The summed E-state index contributed by atoms with van der Waals surface area (Å²) in [4.78, 5) is 10.1. The maximum atomic E-state index is 10.1. The van der Waals surface area contributed by atoms with Gasteiger partial charge < -0.3 is 5.32 Å². The molecule has 0 fully saturated rings. The Morgan fingerprint density at radius 1 is 1.23 bits per heavy atom. The van der Waals surface area contributed by atoms with Crippen molar-refractivity contribution in [3.05, 3.63) is 35.4 Å². The summed E-state index contributed by atoms with van der Waals surface area (Å²) in [7, 11) is 0. The van der Waals surface area contributed by atoms with E-state index in [9.17, 15) is 9.90 Å². The van der Waals surface area contributed by atoms with E-state index in [2.05, 4.69) is 12.2 Å². The number of rotatable bonds is 3. The Morgan fingerprint density at radius 2 is 1.77 bits per heavy atom. The van der Waals surface area contributed by atoms with Crippen molar-refractivity contribution in [1.29, 1.82) is 0 Å². The quantitative estimate of drug-likeness (QED) is 0.754. The topological polar surface area (TPSA) is 49.0 Å². The molecule has 0 aliphatic heterocycles. The molecule has 69 valence electrons. The van der Waals surface area contributed by atoms with E-state index in [1.54, 1.807) is 0 Å². The number of amides is 1. The van der Waals surface area contributed by atoms with Gasteiger partial charge in [0.15, 0.2) is 0 Å². The second kappa shape index (κ2) is 4.50. The highest BCUT2D eigenvalue weighted by Gasteiger charge is 1.97. The van der Waals surface area contributed by atoms with Crippen LogP contribution in [0, 0.1) is 0 Å². The minimum absolute atomic E-state index is 0.312. The van der Waals surface area contributed by atoms with Crippen molar-refractivity contribution in [2.24, 2.45) is 0 Å². The molecule has 0 atom stereocenters. The number of hydrogen-bond acceptors (Lipinski definition) is 1. The molecule has 1 radical (unpaired) electrons. The van der Waals surface area contributed by atoms with E-state index in [-0.39, 0.29) is 0 Å². The Balaban J connectivity index is 2.54. The zero-order chi connectivity index (χ0) is 9.68. The monoisotopic (exact) mass is 178 g/mol. The molecule has 0 bridgehead atoms. The Hall–Kier alpha value is -1.51. The minimum atomic E-state index is -1.24. The fourth-order valence-electron chi connectivity index (χ4n) is 1.07. The van der Waals surface area contributed by atoms with Gasteiger partial charge in [-0.1, -0.05) is 31.2 Å². The number of carbonyl (C=O) groups is 1. The van der Waals surface area contributed by atoms with Crippen molar-refractivity contribution in [3.63, 3.8) is 0 Å². The molecule has 0 saturated carbocycles. The maximum absolute atomic E-state index is 10.1.